The van der Waals surface area contributed by atoms with Crippen molar-refractivity contribution in [3.05, 3.63) is 36.0 Å². The number of aromatic carboxylic acids is 1. The van der Waals surface area contributed by atoms with Crippen LogP contribution in [-0.4, -0.2) is 28.1 Å². The van der Waals surface area contributed by atoms with Gasteiger partial charge in [0.25, 0.3) is 0 Å². The number of benzene rings is 1. The zero-order chi connectivity index (χ0) is 14.3. The Morgan fingerprint density at radius 2 is 2.00 bits per heavy atom. The van der Waals surface area contributed by atoms with E-state index in [1.165, 1.54) is 6.20 Å². The van der Waals surface area contributed by atoms with Crippen LogP contribution in [-0.2, 0) is 0 Å². The van der Waals surface area contributed by atoms with E-state index in [4.69, 9.17) is 0 Å². The number of pyridine rings is 1. The normalized spacial score (nSPS) is 17.6. The van der Waals surface area contributed by atoms with E-state index in [1.54, 1.807) is 0 Å². The van der Waals surface area contributed by atoms with Crippen molar-refractivity contribution >= 4 is 22.6 Å². The highest BCUT2D eigenvalue weighted by Crippen LogP contribution is 2.36. The largest absolute Gasteiger partial charge is 0.478 e. The van der Waals surface area contributed by atoms with Gasteiger partial charge in [0, 0.05) is 29.1 Å². The van der Waals surface area contributed by atoms with Crippen LogP contribution in [0.25, 0.3) is 10.8 Å². The topological polar surface area (TPSA) is 53.4 Å². The maximum absolute atomic E-state index is 11.3. The number of fused-ring (bicyclic) bond motifs is 1. The Bertz CT molecular complexity index is 679. The molecule has 0 bridgehead atoms. The van der Waals surface area contributed by atoms with Gasteiger partial charge in [-0.3, -0.25) is 0 Å². The van der Waals surface area contributed by atoms with Crippen LogP contribution in [0.3, 0.4) is 0 Å². The highest BCUT2D eigenvalue weighted by atomic mass is 16.4. The molecule has 0 radical (unpaired) electrons. The van der Waals surface area contributed by atoms with Crippen LogP contribution in [0.2, 0.25) is 0 Å². The highest BCUT2D eigenvalue weighted by molar-refractivity contribution is 6.06. The number of rotatable bonds is 2. The zero-order valence-electron chi connectivity index (χ0n) is 11.8. The zero-order valence-corrected chi connectivity index (χ0v) is 11.8. The minimum Gasteiger partial charge on any atom is -0.478 e. The van der Waals surface area contributed by atoms with E-state index in [2.05, 4.69) is 23.7 Å². The van der Waals surface area contributed by atoms with Gasteiger partial charge >= 0.3 is 5.97 Å². The molecule has 104 valence electrons. The van der Waals surface area contributed by atoms with Crippen molar-refractivity contribution < 1.29 is 9.90 Å². The molecule has 1 fully saturated rings. The first kappa shape index (κ1) is 12.9. The Hall–Kier alpha value is -2.10. The fourth-order valence-corrected chi connectivity index (χ4v) is 3.06. The number of carboxylic acids is 1. The van der Waals surface area contributed by atoms with Crippen molar-refractivity contribution in [1.29, 1.82) is 0 Å². The highest BCUT2D eigenvalue weighted by Gasteiger charge is 2.33. The summed E-state index contributed by atoms with van der Waals surface area (Å²) < 4.78 is 0. The molecular formula is C16H18N2O2. The van der Waals surface area contributed by atoms with Gasteiger partial charge in [0.15, 0.2) is 0 Å². The number of hydrogen-bond acceptors (Lipinski definition) is 3. The molecule has 0 amide bonds. The third kappa shape index (κ3) is 1.92. The van der Waals surface area contributed by atoms with Crippen LogP contribution in [0, 0.1) is 0 Å². The lowest BCUT2D eigenvalue weighted by molar-refractivity contribution is 0.0698. The molecule has 0 aliphatic carbocycles. The third-order valence-corrected chi connectivity index (χ3v) is 4.16. The van der Waals surface area contributed by atoms with Gasteiger partial charge in [0.05, 0.1) is 5.56 Å². The van der Waals surface area contributed by atoms with Crippen molar-refractivity contribution in [3.63, 3.8) is 0 Å². The predicted molar refractivity (Wildman–Crippen MR) is 79.4 cm³/mol. The van der Waals surface area contributed by atoms with E-state index >= 15 is 0 Å². The van der Waals surface area contributed by atoms with E-state index in [1.807, 2.05) is 24.3 Å². The van der Waals surface area contributed by atoms with Gasteiger partial charge in [-0.05, 0) is 26.7 Å². The second kappa shape index (κ2) is 4.47. The molecule has 1 aromatic heterocycles. The molecular weight excluding hydrogens is 252 g/mol. The lowest BCUT2D eigenvalue weighted by Crippen LogP contribution is -2.38. The molecule has 2 heterocycles. The van der Waals surface area contributed by atoms with E-state index in [0.29, 0.717) is 0 Å². The van der Waals surface area contributed by atoms with E-state index in [0.717, 1.165) is 36.0 Å². The summed E-state index contributed by atoms with van der Waals surface area (Å²) in [6.45, 7) is 5.39. The number of carbonyl (C=O) groups is 1. The van der Waals surface area contributed by atoms with Crippen molar-refractivity contribution in [1.82, 2.24) is 4.98 Å². The minimum absolute atomic E-state index is 0.0700. The second-order valence-corrected chi connectivity index (χ2v) is 5.91. The summed E-state index contributed by atoms with van der Waals surface area (Å²) in [5.74, 6) is -0.0333. The lowest BCUT2D eigenvalue weighted by Gasteiger charge is -2.33. The van der Waals surface area contributed by atoms with E-state index < -0.39 is 5.97 Å². The van der Waals surface area contributed by atoms with Crippen molar-refractivity contribution in [3.8, 4) is 0 Å². The fourth-order valence-electron chi connectivity index (χ4n) is 3.06. The lowest BCUT2D eigenvalue weighted by atomic mass is 10.0. The van der Waals surface area contributed by atoms with Gasteiger partial charge in [-0.25, -0.2) is 9.78 Å². The Kier molecular flexibility index (Phi) is 2.89. The average molecular weight is 270 g/mol. The van der Waals surface area contributed by atoms with Crippen LogP contribution < -0.4 is 4.90 Å². The van der Waals surface area contributed by atoms with Crippen LogP contribution in [0.15, 0.2) is 30.5 Å². The van der Waals surface area contributed by atoms with Gasteiger partial charge in [-0.1, -0.05) is 24.3 Å². The summed E-state index contributed by atoms with van der Waals surface area (Å²) in [6.07, 6.45) is 3.75. The summed E-state index contributed by atoms with van der Waals surface area (Å²) in [7, 11) is 0. The Labute approximate surface area is 118 Å². The van der Waals surface area contributed by atoms with Crippen LogP contribution >= 0.6 is 0 Å². The van der Waals surface area contributed by atoms with Gasteiger partial charge < -0.3 is 10.0 Å². The number of hydrogen-bond donors (Lipinski definition) is 1. The molecule has 1 saturated heterocycles. The van der Waals surface area contributed by atoms with E-state index in [9.17, 15) is 9.90 Å². The molecule has 0 unspecified atom stereocenters. The summed E-state index contributed by atoms with van der Waals surface area (Å²) in [4.78, 5) is 18.1. The monoisotopic (exact) mass is 270 g/mol. The second-order valence-electron chi connectivity index (χ2n) is 5.91. The average Bonchev–Trinajstić information content (AvgIpc) is 2.76. The predicted octanol–water partition coefficient (Wildman–Crippen LogP) is 3.31. The van der Waals surface area contributed by atoms with Crippen molar-refractivity contribution in [2.45, 2.75) is 32.2 Å². The standard InChI is InChI=1S/C16H18N2O2/c1-16(2)8-5-9-18(16)14-12-7-4-3-6-11(12)13(10-17-14)15(19)20/h3-4,6-7,10H,5,8-9H2,1-2H3,(H,19,20). The number of carboxylic acid groups (broad SMARTS) is 1. The molecule has 1 aliphatic rings. The first-order valence-corrected chi connectivity index (χ1v) is 6.89. The van der Waals surface area contributed by atoms with Crippen LogP contribution in [0.1, 0.15) is 37.0 Å². The van der Waals surface area contributed by atoms with E-state index in [-0.39, 0.29) is 11.1 Å². The van der Waals surface area contributed by atoms with Gasteiger partial charge in [-0.15, -0.1) is 0 Å². The van der Waals surface area contributed by atoms with Crippen molar-refractivity contribution in [2.75, 3.05) is 11.4 Å². The molecule has 20 heavy (non-hydrogen) atoms. The molecule has 1 N–H and O–H groups in total. The molecule has 3 rings (SSSR count). The van der Waals surface area contributed by atoms with Crippen LogP contribution in [0.4, 0.5) is 5.82 Å². The van der Waals surface area contributed by atoms with Gasteiger partial charge in [-0.2, -0.15) is 0 Å². The maximum Gasteiger partial charge on any atom is 0.337 e. The molecule has 0 saturated carbocycles. The Balaban J connectivity index is 2.23. The van der Waals surface area contributed by atoms with Crippen molar-refractivity contribution in [2.24, 2.45) is 0 Å². The Morgan fingerprint density at radius 3 is 2.60 bits per heavy atom. The molecule has 0 atom stereocenters. The molecule has 0 spiro atoms. The third-order valence-electron chi connectivity index (χ3n) is 4.16. The number of nitrogens with zero attached hydrogens (tertiary/aromatic N) is 2. The van der Waals surface area contributed by atoms with Gasteiger partial charge in [0.2, 0.25) is 0 Å². The molecule has 2 aromatic rings. The SMILES string of the molecule is CC1(C)CCCN1c1ncc(C(=O)O)c2ccccc12. The van der Waals surface area contributed by atoms with Crippen LogP contribution in [0.5, 0.6) is 0 Å². The summed E-state index contributed by atoms with van der Waals surface area (Å²) >= 11 is 0. The van der Waals surface area contributed by atoms with Gasteiger partial charge in [0.1, 0.15) is 5.82 Å². The fraction of sp³-hybridized carbons (Fsp3) is 0.375. The molecule has 4 heteroatoms. The maximum atomic E-state index is 11.3. The summed E-state index contributed by atoms with van der Waals surface area (Å²) in [5, 5.41) is 11.0. The first-order chi connectivity index (χ1) is 9.50. The molecule has 4 nitrogen and oxygen atoms in total. The first-order valence-electron chi connectivity index (χ1n) is 6.89. The smallest absolute Gasteiger partial charge is 0.337 e. The molecule has 1 aliphatic heterocycles. The minimum atomic E-state index is -0.930. The molecule has 1 aromatic carbocycles. The summed E-state index contributed by atoms with van der Waals surface area (Å²) in [6, 6.07) is 7.61. The summed E-state index contributed by atoms with van der Waals surface area (Å²) in [5.41, 5.74) is 0.335. The number of aromatic nitrogens is 1. The Morgan fingerprint density at radius 1 is 1.30 bits per heavy atom. The number of anilines is 1. The quantitative estimate of drug-likeness (QED) is 0.909.